The third-order valence-electron chi connectivity index (χ3n) is 3.58. The molecule has 0 aliphatic heterocycles. The highest BCUT2D eigenvalue weighted by Gasteiger charge is 2.36. The van der Waals surface area contributed by atoms with E-state index in [1.54, 1.807) is 0 Å². The molecule has 1 fully saturated rings. The first-order valence-corrected chi connectivity index (χ1v) is 6.54. The number of aliphatic hydroxyl groups excluding tert-OH is 1. The second-order valence-corrected chi connectivity index (χ2v) is 5.05. The molecule has 7 heteroatoms. The molecular weight excluding hydrogens is 261 g/mol. The van der Waals surface area contributed by atoms with E-state index in [4.69, 9.17) is 10.8 Å². The van der Waals surface area contributed by atoms with Gasteiger partial charge in [0, 0.05) is 12.5 Å². The lowest BCUT2D eigenvalue weighted by Crippen LogP contribution is -2.44. The van der Waals surface area contributed by atoms with E-state index in [2.05, 4.69) is 0 Å². The normalized spacial score (nSPS) is 24.3. The first kappa shape index (κ1) is 16.2. The zero-order valence-corrected chi connectivity index (χ0v) is 10.8. The molecule has 0 aromatic heterocycles. The molecule has 1 aliphatic carbocycles. The van der Waals surface area contributed by atoms with Crippen LogP contribution >= 0.6 is 0 Å². The minimum atomic E-state index is -4.43. The Bertz CT molecular complexity index is 289. The minimum Gasteiger partial charge on any atom is -0.395 e. The van der Waals surface area contributed by atoms with Crippen LogP contribution in [0.25, 0.3) is 0 Å². The smallest absolute Gasteiger partial charge is 0.395 e. The Hall–Kier alpha value is -0.820. The van der Waals surface area contributed by atoms with Crippen molar-refractivity contribution in [2.24, 2.45) is 17.6 Å². The van der Waals surface area contributed by atoms with E-state index >= 15 is 0 Å². The Morgan fingerprint density at radius 3 is 2.26 bits per heavy atom. The summed E-state index contributed by atoms with van der Waals surface area (Å²) >= 11 is 0. The zero-order chi connectivity index (χ0) is 14.5. The highest BCUT2D eigenvalue weighted by atomic mass is 19.4. The summed E-state index contributed by atoms with van der Waals surface area (Å²) in [7, 11) is 0. The second-order valence-electron chi connectivity index (χ2n) is 5.05. The Balaban J connectivity index is 2.57. The summed E-state index contributed by atoms with van der Waals surface area (Å²) in [4.78, 5) is 12.8. The Morgan fingerprint density at radius 2 is 1.84 bits per heavy atom. The van der Waals surface area contributed by atoms with Crippen molar-refractivity contribution >= 4 is 5.91 Å². The summed E-state index contributed by atoms with van der Waals surface area (Å²) in [5, 5.41) is 8.78. The first-order valence-electron chi connectivity index (χ1n) is 6.54. The predicted molar refractivity (Wildman–Crippen MR) is 64.2 cm³/mol. The van der Waals surface area contributed by atoms with Crippen molar-refractivity contribution in [3.05, 3.63) is 0 Å². The van der Waals surface area contributed by atoms with E-state index < -0.39 is 25.2 Å². The van der Waals surface area contributed by atoms with Crippen molar-refractivity contribution in [1.82, 2.24) is 4.90 Å². The maximum absolute atomic E-state index is 12.4. The number of halogens is 3. The van der Waals surface area contributed by atoms with Gasteiger partial charge in [0.05, 0.1) is 6.61 Å². The molecule has 0 radical (unpaired) electrons. The van der Waals surface area contributed by atoms with Crippen LogP contribution in [-0.2, 0) is 4.79 Å². The molecule has 1 amide bonds. The summed E-state index contributed by atoms with van der Waals surface area (Å²) in [6.07, 6.45) is -1.70. The number of hydrogen-bond donors (Lipinski definition) is 2. The monoisotopic (exact) mass is 282 g/mol. The number of alkyl halides is 3. The van der Waals surface area contributed by atoms with Crippen LogP contribution in [-0.4, -0.2) is 48.3 Å². The van der Waals surface area contributed by atoms with E-state index in [0.29, 0.717) is 30.2 Å². The summed E-state index contributed by atoms with van der Waals surface area (Å²) in [6, 6.07) is 0. The quantitative estimate of drug-likeness (QED) is 0.794. The number of amides is 1. The van der Waals surface area contributed by atoms with Gasteiger partial charge in [-0.25, -0.2) is 0 Å². The Kier molecular flexibility index (Phi) is 6.06. The molecule has 0 unspecified atom stereocenters. The average molecular weight is 282 g/mol. The van der Waals surface area contributed by atoms with E-state index in [1.165, 1.54) is 0 Å². The van der Waals surface area contributed by atoms with E-state index in [1.807, 2.05) is 0 Å². The van der Waals surface area contributed by atoms with Crippen molar-refractivity contribution in [1.29, 1.82) is 0 Å². The number of nitrogens with two attached hydrogens (primary N) is 1. The summed E-state index contributed by atoms with van der Waals surface area (Å²) < 4.78 is 37.1. The van der Waals surface area contributed by atoms with Gasteiger partial charge in [0.15, 0.2) is 0 Å². The maximum Gasteiger partial charge on any atom is 0.406 e. The van der Waals surface area contributed by atoms with Gasteiger partial charge in [-0.3, -0.25) is 4.79 Å². The van der Waals surface area contributed by atoms with Gasteiger partial charge in [-0.05, 0) is 38.1 Å². The molecule has 0 heterocycles. The predicted octanol–water partition coefficient (Wildman–Crippen LogP) is 1.13. The van der Waals surface area contributed by atoms with Crippen LogP contribution < -0.4 is 5.73 Å². The molecule has 1 rings (SSSR count). The van der Waals surface area contributed by atoms with Crippen LogP contribution in [0.2, 0.25) is 0 Å². The van der Waals surface area contributed by atoms with Crippen molar-refractivity contribution in [2.45, 2.75) is 31.9 Å². The fourth-order valence-electron chi connectivity index (χ4n) is 2.51. The SMILES string of the molecule is NCC1CCC(C(=O)N(CCO)CC(F)(F)F)CC1. The van der Waals surface area contributed by atoms with Gasteiger partial charge in [-0.15, -0.1) is 0 Å². The van der Waals surface area contributed by atoms with Crippen LogP contribution in [0, 0.1) is 11.8 Å². The van der Waals surface area contributed by atoms with E-state index in [-0.39, 0.29) is 12.5 Å². The van der Waals surface area contributed by atoms with Crippen LogP contribution in [0.15, 0.2) is 0 Å². The Labute approximate surface area is 110 Å². The highest BCUT2D eigenvalue weighted by molar-refractivity contribution is 5.79. The van der Waals surface area contributed by atoms with Gasteiger partial charge < -0.3 is 15.7 Å². The number of carbonyl (C=O) groups excluding carboxylic acids is 1. The molecule has 0 spiro atoms. The number of rotatable bonds is 5. The molecule has 4 nitrogen and oxygen atoms in total. The third kappa shape index (κ3) is 5.36. The highest BCUT2D eigenvalue weighted by Crippen LogP contribution is 2.30. The molecule has 1 saturated carbocycles. The Morgan fingerprint density at radius 1 is 1.26 bits per heavy atom. The summed E-state index contributed by atoms with van der Waals surface area (Å²) in [5.41, 5.74) is 5.54. The van der Waals surface area contributed by atoms with Gasteiger partial charge >= 0.3 is 6.18 Å². The van der Waals surface area contributed by atoms with Gasteiger partial charge in [-0.1, -0.05) is 0 Å². The van der Waals surface area contributed by atoms with Crippen molar-refractivity contribution in [3.63, 3.8) is 0 Å². The molecule has 0 aromatic carbocycles. The molecular formula is C12H21F3N2O2. The third-order valence-corrected chi connectivity index (χ3v) is 3.58. The molecule has 1 aliphatic rings. The fraction of sp³-hybridized carbons (Fsp3) is 0.917. The second kappa shape index (κ2) is 7.09. The lowest BCUT2D eigenvalue weighted by Gasteiger charge is -2.32. The lowest BCUT2D eigenvalue weighted by atomic mass is 9.81. The van der Waals surface area contributed by atoms with Crippen molar-refractivity contribution in [3.8, 4) is 0 Å². The molecule has 0 saturated heterocycles. The largest absolute Gasteiger partial charge is 0.406 e. The van der Waals surface area contributed by atoms with Gasteiger partial charge in [0.1, 0.15) is 6.54 Å². The van der Waals surface area contributed by atoms with E-state index in [0.717, 1.165) is 12.8 Å². The zero-order valence-electron chi connectivity index (χ0n) is 10.8. The molecule has 0 bridgehead atoms. The van der Waals surface area contributed by atoms with Crippen LogP contribution in [0.1, 0.15) is 25.7 Å². The molecule has 0 atom stereocenters. The van der Waals surface area contributed by atoms with E-state index in [9.17, 15) is 18.0 Å². The number of nitrogens with zero attached hydrogens (tertiary/aromatic N) is 1. The number of carbonyl (C=O) groups is 1. The molecule has 0 aromatic rings. The average Bonchev–Trinajstić information content (AvgIpc) is 2.36. The van der Waals surface area contributed by atoms with Gasteiger partial charge in [-0.2, -0.15) is 13.2 Å². The number of aliphatic hydroxyl groups is 1. The maximum atomic E-state index is 12.4. The standard InChI is InChI=1S/C12H21F3N2O2/c13-12(14,15)8-17(5-6-18)11(19)10-3-1-9(7-16)2-4-10/h9-10,18H,1-8,16H2. The fourth-order valence-corrected chi connectivity index (χ4v) is 2.51. The van der Waals surface area contributed by atoms with Crippen LogP contribution in [0.4, 0.5) is 13.2 Å². The number of hydrogen-bond acceptors (Lipinski definition) is 3. The minimum absolute atomic E-state index is 0.269. The van der Waals surface area contributed by atoms with Gasteiger partial charge in [0.25, 0.3) is 0 Å². The molecule has 112 valence electrons. The van der Waals surface area contributed by atoms with Crippen LogP contribution in [0.5, 0.6) is 0 Å². The van der Waals surface area contributed by atoms with Crippen LogP contribution in [0.3, 0.4) is 0 Å². The molecule has 19 heavy (non-hydrogen) atoms. The lowest BCUT2D eigenvalue weighted by molar-refractivity contribution is -0.165. The van der Waals surface area contributed by atoms with Crippen molar-refractivity contribution in [2.75, 3.05) is 26.2 Å². The topological polar surface area (TPSA) is 66.6 Å². The van der Waals surface area contributed by atoms with Crippen molar-refractivity contribution < 1.29 is 23.1 Å². The summed E-state index contributed by atoms with van der Waals surface area (Å²) in [5.74, 6) is -0.489. The summed E-state index contributed by atoms with van der Waals surface area (Å²) in [6.45, 7) is -1.46. The first-order chi connectivity index (χ1) is 8.87. The molecule has 3 N–H and O–H groups in total. The van der Waals surface area contributed by atoms with Gasteiger partial charge in [0.2, 0.25) is 5.91 Å².